The molecule has 1 amide bonds. The third-order valence-electron chi connectivity index (χ3n) is 3.79. The predicted molar refractivity (Wildman–Crippen MR) is 63.1 cm³/mol. The van der Waals surface area contributed by atoms with E-state index in [0.29, 0.717) is 12.5 Å². The van der Waals surface area contributed by atoms with Crippen molar-refractivity contribution in [3.63, 3.8) is 0 Å². The Kier molecular flexibility index (Phi) is 3.53. The molecule has 2 aliphatic rings. The summed E-state index contributed by atoms with van der Waals surface area (Å²) in [6.07, 6.45) is 7.44. The van der Waals surface area contributed by atoms with E-state index in [9.17, 15) is 9.90 Å². The van der Waals surface area contributed by atoms with Crippen molar-refractivity contribution in [3.8, 4) is 0 Å². The Morgan fingerprint density at radius 3 is 2.50 bits per heavy atom. The van der Waals surface area contributed by atoms with Gasteiger partial charge in [0.2, 0.25) is 5.91 Å². The Bertz CT molecular complexity index is 255. The van der Waals surface area contributed by atoms with Gasteiger partial charge in [-0.05, 0) is 32.1 Å². The predicted octanol–water partition coefficient (Wildman–Crippen LogP) is 2.08. The minimum Gasteiger partial charge on any atom is -0.389 e. The largest absolute Gasteiger partial charge is 0.389 e. The fraction of sp³-hybridized carbons (Fsp3) is 0.923. The Morgan fingerprint density at radius 2 is 2.00 bits per heavy atom. The molecule has 0 aromatic carbocycles. The average Bonchev–Trinajstić information content (AvgIpc) is 2.98. The maximum absolute atomic E-state index is 12.1. The molecule has 0 atom stereocenters. The lowest BCUT2D eigenvalue weighted by Crippen LogP contribution is -2.39. The molecule has 2 aliphatic carbocycles. The van der Waals surface area contributed by atoms with Crippen LogP contribution in [-0.2, 0) is 4.79 Å². The van der Waals surface area contributed by atoms with E-state index in [1.165, 1.54) is 0 Å². The van der Waals surface area contributed by atoms with Crippen molar-refractivity contribution >= 4 is 5.91 Å². The monoisotopic (exact) mass is 225 g/mol. The summed E-state index contributed by atoms with van der Waals surface area (Å²) in [5, 5.41) is 10.2. The van der Waals surface area contributed by atoms with Crippen LogP contribution < -0.4 is 0 Å². The molecule has 0 saturated heterocycles. The number of hydrogen-bond acceptors (Lipinski definition) is 2. The highest BCUT2D eigenvalue weighted by atomic mass is 16.3. The summed E-state index contributed by atoms with van der Waals surface area (Å²) >= 11 is 0. The number of nitrogens with zero attached hydrogens (tertiary/aromatic N) is 1. The van der Waals surface area contributed by atoms with Gasteiger partial charge in [0, 0.05) is 12.6 Å². The summed E-state index contributed by atoms with van der Waals surface area (Å²) in [7, 11) is 0. The van der Waals surface area contributed by atoms with Crippen molar-refractivity contribution in [3.05, 3.63) is 0 Å². The maximum atomic E-state index is 12.1. The van der Waals surface area contributed by atoms with Gasteiger partial charge in [-0.25, -0.2) is 0 Å². The highest BCUT2D eigenvalue weighted by Crippen LogP contribution is 2.34. The minimum absolute atomic E-state index is 0.175. The van der Waals surface area contributed by atoms with Crippen LogP contribution in [0.2, 0.25) is 0 Å². The number of hydrogen-bond donors (Lipinski definition) is 1. The average molecular weight is 225 g/mol. The molecule has 0 heterocycles. The number of aliphatic hydroxyl groups is 1. The molecule has 0 radical (unpaired) electrons. The lowest BCUT2D eigenvalue weighted by atomic mass is 9.97. The third kappa shape index (κ3) is 2.76. The second kappa shape index (κ2) is 4.74. The van der Waals surface area contributed by atoms with Crippen LogP contribution in [0.5, 0.6) is 0 Å². The van der Waals surface area contributed by atoms with Gasteiger partial charge in [-0.1, -0.05) is 19.8 Å². The van der Waals surface area contributed by atoms with Crippen LogP contribution >= 0.6 is 0 Å². The zero-order valence-corrected chi connectivity index (χ0v) is 10.2. The SMILES string of the molecule is CCCN(C(=O)CC1(O)CCCC1)C1CC1. The first kappa shape index (κ1) is 11.9. The van der Waals surface area contributed by atoms with Crippen molar-refractivity contribution < 1.29 is 9.90 Å². The van der Waals surface area contributed by atoms with E-state index in [1.54, 1.807) is 0 Å². The van der Waals surface area contributed by atoms with Crippen LogP contribution in [0.3, 0.4) is 0 Å². The zero-order chi connectivity index (χ0) is 11.6. The van der Waals surface area contributed by atoms with Gasteiger partial charge >= 0.3 is 0 Å². The van der Waals surface area contributed by atoms with Crippen LogP contribution in [0.15, 0.2) is 0 Å². The molecule has 0 aliphatic heterocycles. The molecule has 2 saturated carbocycles. The molecule has 0 bridgehead atoms. The minimum atomic E-state index is -0.683. The number of rotatable bonds is 5. The highest BCUT2D eigenvalue weighted by molar-refractivity contribution is 5.78. The van der Waals surface area contributed by atoms with Crippen molar-refractivity contribution in [1.29, 1.82) is 0 Å². The second-order valence-electron chi connectivity index (χ2n) is 5.43. The molecule has 0 unspecified atom stereocenters. The molecule has 1 N–H and O–H groups in total. The first-order chi connectivity index (χ1) is 7.64. The quantitative estimate of drug-likeness (QED) is 0.778. The number of amides is 1. The van der Waals surface area contributed by atoms with Crippen molar-refractivity contribution in [2.45, 2.75) is 69.9 Å². The number of carbonyl (C=O) groups excluding carboxylic acids is 1. The molecule has 0 aromatic rings. The molecular formula is C13H23NO2. The van der Waals surface area contributed by atoms with Gasteiger partial charge in [0.15, 0.2) is 0 Å². The summed E-state index contributed by atoms with van der Waals surface area (Å²) in [5.74, 6) is 0.175. The van der Waals surface area contributed by atoms with Crippen LogP contribution in [0.25, 0.3) is 0 Å². The number of carbonyl (C=O) groups is 1. The first-order valence-electron chi connectivity index (χ1n) is 6.66. The van der Waals surface area contributed by atoms with E-state index in [-0.39, 0.29) is 5.91 Å². The normalized spacial score (nSPS) is 23.4. The van der Waals surface area contributed by atoms with Crippen molar-refractivity contribution in [2.24, 2.45) is 0 Å². The van der Waals surface area contributed by atoms with E-state index in [1.807, 2.05) is 4.90 Å². The summed E-state index contributed by atoms with van der Waals surface area (Å²) in [6, 6.07) is 0.484. The zero-order valence-electron chi connectivity index (χ0n) is 10.2. The molecule has 2 fully saturated rings. The fourth-order valence-electron chi connectivity index (χ4n) is 2.73. The van der Waals surface area contributed by atoms with Gasteiger partial charge in [0.25, 0.3) is 0 Å². The molecule has 3 nitrogen and oxygen atoms in total. The van der Waals surface area contributed by atoms with Gasteiger partial charge in [0.05, 0.1) is 12.0 Å². The van der Waals surface area contributed by atoms with Gasteiger partial charge < -0.3 is 10.0 Å². The van der Waals surface area contributed by atoms with Crippen LogP contribution in [0.4, 0.5) is 0 Å². The van der Waals surface area contributed by atoms with Crippen LogP contribution in [-0.4, -0.2) is 34.1 Å². The molecule has 0 aromatic heterocycles. The van der Waals surface area contributed by atoms with E-state index in [0.717, 1.165) is 51.5 Å². The van der Waals surface area contributed by atoms with Gasteiger partial charge in [-0.2, -0.15) is 0 Å². The molecule has 92 valence electrons. The van der Waals surface area contributed by atoms with Gasteiger partial charge in [-0.15, -0.1) is 0 Å². The highest BCUT2D eigenvalue weighted by Gasteiger charge is 2.38. The van der Waals surface area contributed by atoms with Gasteiger partial charge in [0.1, 0.15) is 0 Å². The van der Waals surface area contributed by atoms with E-state index in [2.05, 4.69) is 6.92 Å². The maximum Gasteiger partial charge on any atom is 0.225 e. The van der Waals surface area contributed by atoms with E-state index in [4.69, 9.17) is 0 Å². The van der Waals surface area contributed by atoms with E-state index < -0.39 is 5.60 Å². The third-order valence-corrected chi connectivity index (χ3v) is 3.79. The molecule has 0 spiro atoms. The van der Waals surface area contributed by atoms with Crippen LogP contribution in [0.1, 0.15) is 58.3 Å². The smallest absolute Gasteiger partial charge is 0.225 e. The Balaban J connectivity index is 1.89. The molecule has 3 heteroatoms. The Morgan fingerprint density at radius 1 is 1.38 bits per heavy atom. The molecule has 16 heavy (non-hydrogen) atoms. The Hall–Kier alpha value is -0.570. The van der Waals surface area contributed by atoms with E-state index >= 15 is 0 Å². The lowest BCUT2D eigenvalue weighted by molar-refractivity contribution is -0.136. The standard InChI is InChI=1S/C13H23NO2/c1-2-9-14(11-5-6-11)12(15)10-13(16)7-3-4-8-13/h11,16H,2-10H2,1H3. The van der Waals surface area contributed by atoms with Crippen molar-refractivity contribution in [1.82, 2.24) is 4.90 Å². The summed E-state index contributed by atoms with van der Waals surface area (Å²) < 4.78 is 0. The second-order valence-corrected chi connectivity index (χ2v) is 5.43. The molecular weight excluding hydrogens is 202 g/mol. The molecule has 2 rings (SSSR count). The summed E-state index contributed by atoms with van der Waals surface area (Å²) in [6.45, 7) is 2.96. The summed E-state index contributed by atoms with van der Waals surface area (Å²) in [4.78, 5) is 14.1. The first-order valence-corrected chi connectivity index (χ1v) is 6.66. The Labute approximate surface area is 97.8 Å². The van der Waals surface area contributed by atoms with Crippen molar-refractivity contribution in [2.75, 3.05) is 6.54 Å². The summed E-state index contributed by atoms with van der Waals surface area (Å²) in [5.41, 5.74) is -0.683. The van der Waals surface area contributed by atoms with Crippen LogP contribution in [0, 0.1) is 0 Å². The van der Waals surface area contributed by atoms with Gasteiger partial charge in [-0.3, -0.25) is 4.79 Å². The topological polar surface area (TPSA) is 40.5 Å². The lowest BCUT2D eigenvalue weighted by Gasteiger charge is -2.27. The fourth-order valence-corrected chi connectivity index (χ4v) is 2.73.